The average Bonchev–Trinajstić information content (AvgIpc) is 2.55. The predicted octanol–water partition coefficient (Wildman–Crippen LogP) is 3.39. The van der Waals surface area contributed by atoms with E-state index in [1.165, 1.54) is 25.1 Å². The van der Waals surface area contributed by atoms with Gasteiger partial charge in [-0.15, -0.1) is 4.83 Å². The lowest BCUT2D eigenvalue weighted by Gasteiger charge is -2.18. The van der Waals surface area contributed by atoms with Crippen molar-refractivity contribution in [3.8, 4) is 5.75 Å². The SMILES string of the molecule is Cc1cc(Cl)cc(C)c1O[C@@H](C)C(=O)NNS(=O)(=O)c1cccc(Cl)c1. The van der Waals surface area contributed by atoms with Crippen molar-refractivity contribution in [1.29, 1.82) is 0 Å². The molecule has 0 aliphatic heterocycles. The molecule has 1 atom stereocenters. The topological polar surface area (TPSA) is 84.5 Å². The fraction of sp³-hybridized carbons (Fsp3) is 0.235. The Morgan fingerprint density at radius 2 is 1.69 bits per heavy atom. The summed E-state index contributed by atoms with van der Waals surface area (Å²) in [6.07, 6.45) is -0.935. The summed E-state index contributed by atoms with van der Waals surface area (Å²) in [6.45, 7) is 5.12. The molecule has 26 heavy (non-hydrogen) atoms. The van der Waals surface area contributed by atoms with Crippen molar-refractivity contribution >= 4 is 39.1 Å². The number of nitrogens with one attached hydrogen (secondary N) is 2. The van der Waals surface area contributed by atoms with E-state index < -0.39 is 22.0 Å². The van der Waals surface area contributed by atoms with E-state index in [1.807, 2.05) is 4.83 Å². The van der Waals surface area contributed by atoms with Crippen molar-refractivity contribution in [2.24, 2.45) is 0 Å². The third kappa shape index (κ3) is 5.11. The first kappa shape index (κ1) is 20.5. The van der Waals surface area contributed by atoms with Gasteiger partial charge in [0.15, 0.2) is 6.10 Å². The first-order valence-corrected chi connectivity index (χ1v) is 9.84. The predicted molar refractivity (Wildman–Crippen MR) is 101 cm³/mol. The zero-order valence-electron chi connectivity index (χ0n) is 14.3. The molecule has 2 N–H and O–H groups in total. The lowest BCUT2D eigenvalue weighted by Crippen LogP contribution is -2.47. The Kier molecular flexibility index (Phi) is 6.52. The fourth-order valence-electron chi connectivity index (χ4n) is 2.23. The Labute approximate surface area is 162 Å². The number of hydrogen-bond acceptors (Lipinski definition) is 4. The highest BCUT2D eigenvalue weighted by molar-refractivity contribution is 7.89. The van der Waals surface area contributed by atoms with Crippen LogP contribution in [0.25, 0.3) is 0 Å². The molecule has 0 aliphatic carbocycles. The van der Waals surface area contributed by atoms with Gasteiger partial charge >= 0.3 is 0 Å². The highest BCUT2D eigenvalue weighted by Crippen LogP contribution is 2.27. The molecule has 0 saturated carbocycles. The van der Waals surface area contributed by atoms with E-state index in [2.05, 4.69) is 5.43 Å². The first-order valence-electron chi connectivity index (χ1n) is 7.61. The maximum absolute atomic E-state index is 12.2. The summed E-state index contributed by atoms with van der Waals surface area (Å²) in [7, 11) is -3.95. The maximum Gasteiger partial charge on any atom is 0.275 e. The third-order valence-corrected chi connectivity index (χ3v) is 5.20. The van der Waals surface area contributed by atoms with Gasteiger partial charge in [0, 0.05) is 10.0 Å². The van der Waals surface area contributed by atoms with Gasteiger partial charge in [0.2, 0.25) is 0 Å². The standard InChI is InChI=1S/C17H18Cl2N2O4S/c1-10-7-14(19)8-11(2)16(10)25-12(3)17(22)20-21-26(23,24)15-6-4-5-13(18)9-15/h4-9,12,21H,1-3H3,(H,20,22)/t12-/m0/s1. The van der Waals surface area contributed by atoms with E-state index in [1.54, 1.807) is 32.0 Å². The third-order valence-electron chi connectivity index (χ3n) is 3.50. The molecule has 9 heteroatoms. The van der Waals surface area contributed by atoms with Crippen LogP contribution in [0.2, 0.25) is 10.0 Å². The van der Waals surface area contributed by atoms with Crippen LogP contribution in [0.15, 0.2) is 41.3 Å². The number of hydrogen-bond donors (Lipinski definition) is 2. The second-order valence-electron chi connectivity index (χ2n) is 5.68. The number of benzene rings is 2. The van der Waals surface area contributed by atoms with Crippen molar-refractivity contribution in [2.45, 2.75) is 31.8 Å². The molecule has 1 amide bonds. The van der Waals surface area contributed by atoms with Gasteiger partial charge in [-0.25, -0.2) is 8.42 Å². The van der Waals surface area contributed by atoms with Gasteiger partial charge in [0.1, 0.15) is 5.75 Å². The monoisotopic (exact) mass is 416 g/mol. The van der Waals surface area contributed by atoms with Crippen LogP contribution >= 0.6 is 23.2 Å². The van der Waals surface area contributed by atoms with Crippen LogP contribution in [-0.4, -0.2) is 20.4 Å². The van der Waals surface area contributed by atoms with Gasteiger partial charge in [-0.05, 0) is 62.2 Å². The number of hydrazine groups is 1. The summed E-state index contributed by atoms with van der Waals surface area (Å²) in [4.78, 5) is 14.1. The Morgan fingerprint density at radius 3 is 2.27 bits per heavy atom. The second-order valence-corrected chi connectivity index (χ2v) is 8.24. The fourth-order valence-corrected chi connectivity index (χ4v) is 3.70. The second kappa shape index (κ2) is 8.26. The molecular formula is C17H18Cl2N2O4S. The molecule has 0 bridgehead atoms. The lowest BCUT2D eigenvalue weighted by molar-refractivity contribution is -0.127. The Bertz CT molecular complexity index is 909. The molecule has 6 nitrogen and oxygen atoms in total. The van der Waals surface area contributed by atoms with Crippen LogP contribution in [0.3, 0.4) is 0 Å². The van der Waals surface area contributed by atoms with Crippen LogP contribution in [0.4, 0.5) is 0 Å². The maximum atomic E-state index is 12.2. The van der Waals surface area contributed by atoms with Crippen molar-refractivity contribution in [1.82, 2.24) is 10.3 Å². The Morgan fingerprint density at radius 1 is 1.08 bits per heavy atom. The molecule has 0 unspecified atom stereocenters. The molecule has 2 rings (SSSR count). The van der Waals surface area contributed by atoms with Gasteiger partial charge in [-0.2, -0.15) is 0 Å². The number of ether oxygens (including phenoxy) is 1. The molecule has 0 heterocycles. The van der Waals surface area contributed by atoms with Crippen LogP contribution in [0.5, 0.6) is 5.75 Å². The number of halogens is 2. The normalized spacial score (nSPS) is 12.5. The minimum atomic E-state index is -3.95. The quantitative estimate of drug-likeness (QED) is 0.706. The number of carbonyl (C=O) groups is 1. The highest BCUT2D eigenvalue weighted by Gasteiger charge is 2.20. The van der Waals surface area contributed by atoms with E-state index in [4.69, 9.17) is 27.9 Å². The lowest BCUT2D eigenvalue weighted by atomic mass is 10.1. The van der Waals surface area contributed by atoms with Crippen molar-refractivity contribution in [2.75, 3.05) is 0 Å². The summed E-state index contributed by atoms with van der Waals surface area (Å²) in [5, 5.41) is 0.836. The molecule has 0 aliphatic rings. The minimum Gasteiger partial charge on any atom is -0.480 e. The van der Waals surface area contributed by atoms with Crippen molar-refractivity contribution in [3.05, 3.63) is 57.6 Å². The summed E-state index contributed by atoms with van der Waals surface area (Å²) in [5.74, 6) is -0.126. The van der Waals surface area contributed by atoms with Gasteiger partial charge in [0.05, 0.1) is 4.90 Å². The molecule has 0 aromatic heterocycles. The van der Waals surface area contributed by atoms with Gasteiger partial charge in [-0.3, -0.25) is 10.2 Å². The number of amides is 1. The summed E-state index contributed by atoms with van der Waals surface area (Å²) in [6, 6.07) is 9.12. The number of carbonyl (C=O) groups excluding carboxylic acids is 1. The van der Waals surface area contributed by atoms with E-state index in [-0.39, 0.29) is 9.92 Å². The molecule has 0 spiro atoms. The molecular weight excluding hydrogens is 399 g/mol. The van der Waals surface area contributed by atoms with E-state index in [0.717, 1.165) is 11.1 Å². The zero-order valence-corrected chi connectivity index (χ0v) is 16.7. The van der Waals surface area contributed by atoms with E-state index in [0.29, 0.717) is 10.8 Å². The summed E-state index contributed by atoms with van der Waals surface area (Å²) < 4.78 is 30.0. The number of rotatable bonds is 6. The minimum absolute atomic E-state index is 0.0664. The smallest absolute Gasteiger partial charge is 0.275 e. The van der Waals surface area contributed by atoms with Crippen LogP contribution in [-0.2, 0) is 14.8 Å². The molecule has 0 saturated heterocycles. The number of sulfonamides is 1. The van der Waals surface area contributed by atoms with Crippen LogP contribution in [0, 0.1) is 13.8 Å². The first-order chi connectivity index (χ1) is 12.1. The Balaban J connectivity index is 2.04. The zero-order chi connectivity index (χ0) is 19.5. The summed E-state index contributed by atoms with van der Waals surface area (Å²) in [5.41, 5.74) is 3.68. The van der Waals surface area contributed by atoms with Crippen molar-refractivity contribution in [3.63, 3.8) is 0 Å². The van der Waals surface area contributed by atoms with Gasteiger partial charge < -0.3 is 4.74 Å². The van der Waals surface area contributed by atoms with E-state index >= 15 is 0 Å². The van der Waals surface area contributed by atoms with Crippen LogP contribution in [0.1, 0.15) is 18.1 Å². The van der Waals surface area contributed by atoms with Crippen LogP contribution < -0.4 is 15.0 Å². The van der Waals surface area contributed by atoms with Gasteiger partial charge in [0.25, 0.3) is 15.9 Å². The summed E-state index contributed by atoms with van der Waals surface area (Å²) >= 11 is 11.8. The van der Waals surface area contributed by atoms with Gasteiger partial charge in [-0.1, -0.05) is 29.3 Å². The van der Waals surface area contributed by atoms with E-state index in [9.17, 15) is 13.2 Å². The molecule has 2 aromatic rings. The average molecular weight is 417 g/mol. The van der Waals surface area contributed by atoms with Crippen molar-refractivity contribution < 1.29 is 17.9 Å². The number of aryl methyl sites for hydroxylation is 2. The molecule has 0 radical (unpaired) electrons. The molecule has 0 fully saturated rings. The molecule has 140 valence electrons. The largest absolute Gasteiger partial charge is 0.480 e. The molecule has 2 aromatic carbocycles. The highest BCUT2D eigenvalue weighted by atomic mass is 35.5. The Hall–Kier alpha value is -1.80.